The number of piperidine rings is 1. The SMILES string of the molecule is CCN1C(=O)C[C@@](CC(=O)N2CCC(OC)CC2)(c2cccc(C(F)(F)F)c2)C1=O. The first-order valence-corrected chi connectivity index (χ1v) is 9.95. The molecule has 0 bridgehead atoms. The van der Waals surface area contributed by atoms with Crippen LogP contribution in [0.4, 0.5) is 13.2 Å². The Hall–Kier alpha value is -2.42. The third-order valence-corrected chi connectivity index (χ3v) is 6.05. The number of methoxy groups -OCH3 is 1. The highest BCUT2D eigenvalue weighted by Crippen LogP contribution is 2.42. The monoisotopic (exact) mass is 426 g/mol. The maximum absolute atomic E-state index is 13.3. The number of likely N-dealkylation sites (tertiary alicyclic amines) is 2. The summed E-state index contributed by atoms with van der Waals surface area (Å²) < 4.78 is 45.1. The molecule has 2 saturated heterocycles. The van der Waals surface area contributed by atoms with Crippen LogP contribution in [0.25, 0.3) is 0 Å². The normalized spacial score (nSPS) is 23.4. The van der Waals surface area contributed by atoms with Gasteiger partial charge in [0.2, 0.25) is 17.7 Å². The molecule has 2 fully saturated rings. The summed E-state index contributed by atoms with van der Waals surface area (Å²) in [4.78, 5) is 41.3. The summed E-state index contributed by atoms with van der Waals surface area (Å²) in [6.45, 7) is 2.60. The molecule has 6 nitrogen and oxygen atoms in total. The molecule has 0 aliphatic carbocycles. The Morgan fingerprint density at radius 3 is 2.43 bits per heavy atom. The highest BCUT2D eigenvalue weighted by molar-refractivity contribution is 6.10. The van der Waals surface area contributed by atoms with Gasteiger partial charge in [-0.1, -0.05) is 18.2 Å². The second-order valence-corrected chi connectivity index (χ2v) is 7.77. The summed E-state index contributed by atoms with van der Waals surface area (Å²) in [6, 6.07) is 4.40. The minimum atomic E-state index is -4.60. The average molecular weight is 426 g/mol. The topological polar surface area (TPSA) is 66.9 Å². The largest absolute Gasteiger partial charge is 0.416 e. The molecule has 30 heavy (non-hydrogen) atoms. The minimum absolute atomic E-state index is 0.0479. The van der Waals surface area contributed by atoms with Crippen LogP contribution >= 0.6 is 0 Å². The number of carbonyl (C=O) groups is 3. The zero-order chi connectivity index (χ0) is 22.1. The third kappa shape index (κ3) is 4.08. The quantitative estimate of drug-likeness (QED) is 0.679. The first-order chi connectivity index (χ1) is 14.1. The van der Waals surface area contributed by atoms with E-state index in [0.717, 1.165) is 17.0 Å². The summed E-state index contributed by atoms with van der Waals surface area (Å²) in [5.41, 5.74) is -2.49. The number of hydrogen-bond acceptors (Lipinski definition) is 4. The fourth-order valence-electron chi connectivity index (χ4n) is 4.29. The van der Waals surface area contributed by atoms with Crippen molar-refractivity contribution in [1.82, 2.24) is 9.80 Å². The lowest BCUT2D eigenvalue weighted by Crippen LogP contribution is -2.46. The number of likely N-dealkylation sites (N-methyl/N-ethyl adjacent to an activating group) is 1. The van der Waals surface area contributed by atoms with Gasteiger partial charge >= 0.3 is 6.18 Å². The standard InChI is InChI=1S/C21H25F3N2O4/c1-3-26-18(28)13-20(19(26)29,14-5-4-6-15(11-14)21(22,23)24)12-17(27)25-9-7-16(30-2)8-10-25/h4-6,11,16H,3,7-10,12-13H2,1-2H3/t20-/m0/s1. The van der Waals surface area contributed by atoms with E-state index in [4.69, 9.17) is 4.74 Å². The first-order valence-electron chi connectivity index (χ1n) is 9.95. The number of imide groups is 1. The molecule has 2 heterocycles. The molecule has 0 spiro atoms. The number of benzene rings is 1. The number of nitrogens with zero attached hydrogens (tertiary/aromatic N) is 2. The Balaban J connectivity index is 1.95. The van der Waals surface area contributed by atoms with Gasteiger partial charge in [-0.05, 0) is 31.4 Å². The molecule has 0 radical (unpaired) electrons. The molecule has 0 saturated carbocycles. The van der Waals surface area contributed by atoms with Crippen LogP contribution in [0.5, 0.6) is 0 Å². The van der Waals surface area contributed by atoms with E-state index in [1.807, 2.05) is 0 Å². The van der Waals surface area contributed by atoms with Gasteiger partial charge in [0.1, 0.15) is 0 Å². The van der Waals surface area contributed by atoms with Crippen molar-refractivity contribution in [1.29, 1.82) is 0 Å². The van der Waals surface area contributed by atoms with Crippen LogP contribution in [0.3, 0.4) is 0 Å². The van der Waals surface area contributed by atoms with Crippen LogP contribution in [0.1, 0.15) is 43.7 Å². The molecule has 0 unspecified atom stereocenters. The number of rotatable bonds is 5. The zero-order valence-electron chi connectivity index (χ0n) is 17.0. The van der Waals surface area contributed by atoms with Crippen molar-refractivity contribution in [2.24, 2.45) is 0 Å². The lowest BCUT2D eigenvalue weighted by Gasteiger charge is -2.34. The first kappa shape index (κ1) is 22.3. The number of ether oxygens (including phenoxy) is 1. The van der Waals surface area contributed by atoms with Gasteiger partial charge in [0.15, 0.2) is 0 Å². The van der Waals surface area contributed by atoms with E-state index in [1.54, 1.807) is 18.9 Å². The molecule has 1 aromatic carbocycles. The van der Waals surface area contributed by atoms with Gasteiger partial charge in [0.25, 0.3) is 0 Å². The van der Waals surface area contributed by atoms with Crippen molar-refractivity contribution < 1.29 is 32.3 Å². The van der Waals surface area contributed by atoms with Crippen molar-refractivity contribution in [3.05, 3.63) is 35.4 Å². The molecule has 2 aliphatic heterocycles. The minimum Gasteiger partial charge on any atom is -0.381 e. The average Bonchev–Trinajstić information content (AvgIpc) is 2.97. The summed E-state index contributed by atoms with van der Waals surface area (Å²) >= 11 is 0. The van der Waals surface area contributed by atoms with Crippen LogP contribution in [0, 0.1) is 0 Å². The van der Waals surface area contributed by atoms with Crippen molar-refractivity contribution >= 4 is 17.7 Å². The molecule has 2 aliphatic rings. The van der Waals surface area contributed by atoms with Gasteiger partial charge in [0.05, 0.1) is 17.1 Å². The number of carbonyl (C=O) groups excluding carboxylic acids is 3. The summed E-state index contributed by atoms with van der Waals surface area (Å²) in [7, 11) is 1.60. The molecule has 1 aromatic rings. The highest BCUT2D eigenvalue weighted by Gasteiger charge is 2.54. The van der Waals surface area contributed by atoms with Gasteiger partial charge in [0, 0.05) is 39.6 Å². The zero-order valence-corrected chi connectivity index (χ0v) is 17.0. The molecule has 9 heteroatoms. The van der Waals surface area contributed by atoms with Crippen molar-refractivity contribution in [3.8, 4) is 0 Å². The van der Waals surface area contributed by atoms with Gasteiger partial charge < -0.3 is 9.64 Å². The maximum atomic E-state index is 13.3. The predicted molar refractivity (Wildman–Crippen MR) is 101 cm³/mol. The van der Waals surface area contributed by atoms with E-state index < -0.39 is 29.0 Å². The number of halogens is 3. The Labute approximate surface area is 173 Å². The van der Waals surface area contributed by atoms with Crippen LogP contribution < -0.4 is 0 Å². The van der Waals surface area contributed by atoms with Crippen LogP contribution in [-0.4, -0.2) is 60.4 Å². The molecule has 0 aromatic heterocycles. The third-order valence-electron chi connectivity index (χ3n) is 6.05. The molecular formula is C21H25F3N2O4. The second kappa shape index (κ2) is 8.37. The molecule has 164 valence electrons. The molecule has 1 atom stereocenters. The van der Waals surface area contributed by atoms with Gasteiger partial charge in [-0.15, -0.1) is 0 Å². The van der Waals surface area contributed by atoms with E-state index in [9.17, 15) is 27.6 Å². The van der Waals surface area contributed by atoms with E-state index in [1.165, 1.54) is 12.1 Å². The Morgan fingerprint density at radius 2 is 1.90 bits per heavy atom. The number of alkyl halides is 3. The van der Waals surface area contributed by atoms with E-state index in [0.29, 0.717) is 25.9 Å². The lowest BCUT2D eigenvalue weighted by molar-refractivity contribution is -0.143. The van der Waals surface area contributed by atoms with E-state index in [-0.39, 0.29) is 37.0 Å². The maximum Gasteiger partial charge on any atom is 0.416 e. The smallest absolute Gasteiger partial charge is 0.381 e. The van der Waals surface area contributed by atoms with Gasteiger partial charge in [-0.3, -0.25) is 19.3 Å². The highest BCUT2D eigenvalue weighted by atomic mass is 19.4. The van der Waals surface area contributed by atoms with Gasteiger partial charge in [-0.25, -0.2) is 0 Å². The van der Waals surface area contributed by atoms with E-state index in [2.05, 4.69) is 0 Å². The summed E-state index contributed by atoms with van der Waals surface area (Å²) in [6.07, 6.45) is -3.91. The van der Waals surface area contributed by atoms with E-state index >= 15 is 0 Å². The summed E-state index contributed by atoms with van der Waals surface area (Å²) in [5, 5.41) is 0. The molecular weight excluding hydrogens is 401 g/mol. The fourth-order valence-corrected chi connectivity index (χ4v) is 4.29. The summed E-state index contributed by atoms with van der Waals surface area (Å²) in [5.74, 6) is -1.44. The number of amides is 3. The van der Waals surface area contributed by atoms with Crippen molar-refractivity contribution in [3.63, 3.8) is 0 Å². The Morgan fingerprint density at radius 1 is 1.23 bits per heavy atom. The fraction of sp³-hybridized carbons (Fsp3) is 0.571. The van der Waals surface area contributed by atoms with Crippen molar-refractivity contribution in [2.75, 3.05) is 26.7 Å². The second-order valence-electron chi connectivity index (χ2n) is 7.77. The van der Waals surface area contributed by atoms with Crippen LogP contribution in [0.15, 0.2) is 24.3 Å². The lowest BCUT2D eigenvalue weighted by atomic mass is 9.75. The molecule has 3 rings (SSSR count). The molecule has 3 amide bonds. The Bertz CT molecular complexity index is 834. The van der Waals surface area contributed by atoms with Crippen molar-refractivity contribution in [2.45, 2.75) is 50.3 Å². The predicted octanol–water partition coefficient (Wildman–Crippen LogP) is 2.75. The van der Waals surface area contributed by atoms with Crippen LogP contribution in [-0.2, 0) is 30.7 Å². The number of hydrogen-bond donors (Lipinski definition) is 0. The van der Waals surface area contributed by atoms with Gasteiger partial charge in [-0.2, -0.15) is 13.2 Å². The molecule has 0 N–H and O–H groups in total. The van der Waals surface area contributed by atoms with Crippen LogP contribution in [0.2, 0.25) is 0 Å². The Kier molecular flexibility index (Phi) is 6.21.